The zero-order chi connectivity index (χ0) is 20.6. The maximum Gasteiger partial charge on any atom is 0.264 e. The van der Waals surface area contributed by atoms with E-state index in [1.165, 1.54) is 10.9 Å². The van der Waals surface area contributed by atoms with Gasteiger partial charge in [0.25, 0.3) is 15.9 Å². The topological polar surface area (TPSA) is 97.2 Å². The normalized spacial score (nSPS) is 14.9. The smallest absolute Gasteiger partial charge is 0.264 e. The summed E-state index contributed by atoms with van der Waals surface area (Å²) in [7, 11) is -2.36. The summed E-state index contributed by atoms with van der Waals surface area (Å²) in [4.78, 5) is 16.1. The molecule has 1 aliphatic rings. The van der Waals surface area contributed by atoms with Gasteiger partial charge in [-0.2, -0.15) is 15.0 Å². The highest BCUT2D eigenvalue weighted by molar-refractivity contribution is 9.10. The zero-order valence-corrected chi connectivity index (χ0v) is 18.2. The van der Waals surface area contributed by atoms with E-state index in [1.54, 1.807) is 42.3 Å². The molecular weight excluding hydrogens is 458 g/mol. The third-order valence-electron chi connectivity index (χ3n) is 4.86. The molecule has 2 aromatic carbocycles. The summed E-state index contributed by atoms with van der Waals surface area (Å²) >= 11 is 3.36. The molecule has 0 spiro atoms. The minimum Gasteiger partial charge on any atom is -0.339 e. The average Bonchev–Trinajstić information content (AvgIpc) is 3.08. The molecule has 1 aliphatic heterocycles. The van der Waals surface area contributed by atoms with Gasteiger partial charge in [0.05, 0.1) is 11.3 Å². The van der Waals surface area contributed by atoms with Gasteiger partial charge in [-0.1, -0.05) is 22.0 Å². The van der Waals surface area contributed by atoms with Gasteiger partial charge in [0.15, 0.2) is 0 Å². The number of aromatic nitrogens is 3. The zero-order valence-electron chi connectivity index (χ0n) is 15.8. The molecule has 1 N–H and O–H groups in total. The monoisotopic (exact) mass is 477 g/mol. The van der Waals surface area contributed by atoms with E-state index in [0.717, 1.165) is 19.3 Å². The van der Waals surface area contributed by atoms with Crippen molar-refractivity contribution in [2.24, 2.45) is 7.05 Å². The summed E-state index contributed by atoms with van der Waals surface area (Å²) in [6, 6.07) is 9.77. The van der Waals surface area contributed by atoms with Crippen LogP contribution in [0, 0.1) is 0 Å². The summed E-state index contributed by atoms with van der Waals surface area (Å²) in [5, 5.41) is 8.33. The van der Waals surface area contributed by atoms with Gasteiger partial charge < -0.3 is 4.90 Å². The Morgan fingerprint density at radius 2 is 1.86 bits per heavy atom. The summed E-state index contributed by atoms with van der Waals surface area (Å²) in [6.07, 6.45) is 3.02. The Bertz CT molecular complexity index is 1190. The molecule has 152 valence electrons. The number of nitrogens with zero attached hydrogens (tertiary/aromatic N) is 4. The second kappa shape index (κ2) is 7.75. The number of aryl methyl sites for hydroxylation is 1. The number of nitrogens with one attached hydrogen (secondary N) is 1. The third-order valence-corrected chi connectivity index (χ3v) is 6.75. The van der Waals surface area contributed by atoms with E-state index >= 15 is 0 Å². The summed E-state index contributed by atoms with van der Waals surface area (Å²) in [5.41, 5.74) is 1.32. The van der Waals surface area contributed by atoms with Crippen LogP contribution in [0.4, 0.5) is 5.69 Å². The van der Waals surface area contributed by atoms with Crippen molar-refractivity contribution in [3.8, 4) is 0 Å². The number of sulfonamides is 1. The first-order valence-corrected chi connectivity index (χ1v) is 11.5. The number of amides is 1. The lowest BCUT2D eigenvalue weighted by Gasteiger charge is -2.27. The fraction of sp³-hybridized carbons (Fsp3) is 0.316. The lowest BCUT2D eigenvalue weighted by atomic mass is 10.1. The van der Waals surface area contributed by atoms with Crippen LogP contribution in [0.15, 0.2) is 45.8 Å². The number of rotatable bonds is 4. The Morgan fingerprint density at radius 1 is 1.10 bits per heavy atom. The summed E-state index contributed by atoms with van der Waals surface area (Å²) in [5.74, 6) is -0.174. The second-order valence-corrected chi connectivity index (χ2v) is 9.53. The number of piperidine rings is 1. The molecule has 0 unspecified atom stereocenters. The Kier molecular flexibility index (Phi) is 5.30. The highest BCUT2D eigenvalue weighted by atomic mass is 79.9. The molecule has 8 nitrogen and oxygen atoms in total. The first-order chi connectivity index (χ1) is 13.8. The van der Waals surface area contributed by atoms with Gasteiger partial charge >= 0.3 is 0 Å². The van der Waals surface area contributed by atoms with E-state index in [1.807, 2.05) is 0 Å². The Hall–Kier alpha value is -2.46. The van der Waals surface area contributed by atoms with Crippen molar-refractivity contribution in [2.75, 3.05) is 17.8 Å². The molecule has 1 fully saturated rings. The largest absolute Gasteiger partial charge is 0.339 e. The van der Waals surface area contributed by atoms with E-state index in [0.29, 0.717) is 28.6 Å². The predicted octanol–water partition coefficient (Wildman–Crippen LogP) is 3.16. The molecule has 3 aromatic rings. The van der Waals surface area contributed by atoms with Gasteiger partial charge in [-0.05, 0) is 49.6 Å². The first kappa shape index (κ1) is 19.8. The standard InChI is InChI=1S/C19H20BrN5O3S/c1-24-21-15-6-5-7-17(18(15)22-24)29(27,28)23-16-12-13(20)8-9-14(16)19(26)25-10-3-2-4-11-25/h5-9,12,23H,2-4,10-11H2,1H3. The van der Waals surface area contributed by atoms with Crippen molar-refractivity contribution in [3.05, 3.63) is 46.4 Å². The fourth-order valence-corrected chi connectivity index (χ4v) is 5.07. The number of halogens is 1. The van der Waals surface area contributed by atoms with Crippen molar-refractivity contribution in [2.45, 2.75) is 24.2 Å². The van der Waals surface area contributed by atoms with Crippen molar-refractivity contribution < 1.29 is 13.2 Å². The van der Waals surface area contributed by atoms with Crippen molar-refractivity contribution in [3.63, 3.8) is 0 Å². The van der Waals surface area contributed by atoms with Gasteiger partial charge in [-0.25, -0.2) is 8.42 Å². The fourth-order valence-electron chi connectivity index (χ4n) is 3.49. The number of likely N-dealkylation sites (tertiary alicyclic amines) is 1. The number of benzene rings is 2. The van der Waals surface area contributed by atoms with Crippen LogP contribution in [0.3, 0.4) is 0 Å². The quantitative estimate of drug-likeness (QED) is 0.622. The van der Waals surface area contributed by atoms with E-state index in [9.17, 15) is 13.2 Å². The predicted molar refractivity (Wildman–Crippen MR) is 113 cm³/mol. The molecule has 29 heavy (non-hydrogen) atoms. The number of hydrogen-bond acceptors (Lipinski definition) is 5. The highest BCUT2D eigenvalue weighted by Crippen LogP contribution is 2.28. The molecule has 2 heterocycles. The molecule has 0 bridgehead atoms. The van der Waals surface area contributed by atoms with Gasteiger partial charge in [0.1, 0.15) is 15.9 Å². The molecule has 10 heteroatoms. The molecule has 0 aliphatic carbocycles. The maximum absolute atomic E-state index is 13.2. The van der Waals surface area contributed by atoms with E-state index in [4.69, 9.17) is 0 Å². The van der Waals surface area contributed by atoms with Crippen molar-refractivity contribution in [1.82, 2.24) is 19.9 Å². The van der Waals surface area contributed by atoms with Crippen molar-refractivity contribution >= 4 is 48.6 Å². The van der Waals surface area contributed by atoms with Crippen molar-refractivity contribution in [1.29, 1.82) is 0 Å². The third kappa shape index (κ3) is 3.99. The lowest BCUT2D eigenvalue weighted by molar-refractivity contribution is 0.0725. The Labute approximate surface area is 177 Å². The second-order valence-electron chi connectivity index (χ2n) is 6.96. The summed E-state index contributed by atoms with van der Waals surface area (Å²) in [6.45, 7) is 1.36. The van der Waals surface area contributed by atoms with Crippen LogP contribution in [-0.4, -0.2) is 47.3 Å². The van der Waals surface area contributed by atoms with E-state index in [-0.39, 0.29) is 22.0 Å². The molecule has 0 atom stereocenters. The van der Waals surface area contributed by atoms with Crippen LogP contribution in [0.1, 0.15) is 29.6 Å². The van der Waals surface area contributed by atoms with Crippen LogP contribution in [0.25, 0.3) is 11.0 Å². The number of carbonyl (C=O) groups excluding carboxylic acids is 1. The molecule has 1 amide bonds. The number of fused-ring (bicyclic) bond motifs is 1. The van der Waals surface area contributed by atoms with Crippen LogP contribution in [0.2, 0.25) is 0 Å². The number of carbonyl (C=O) groups is 1. The minimum absolute atomic E-state index is 0.0134. The van der Waals surface area contributed by atoms with Crippen LogP contribution < -0.4 is 4.72 Å². The molecule has 1 saturated heterocycles. The molecule has 1 aromatic heterocycles. The van der Waals surface area contributed by atoms with Gasteiger partial charge in [0.2, 0.25) is 0 Å². The van der Waals surface area contributed by atoms with Crippen LogP contribution in [0.5, 0.6) is 0 Å². The first-order valence-electron chi connectivity index (χ1n) is 9.27. The van der Waals surface area contributed by atoms with Gasteiger partial charge in [-0.15, -0.1) is 0 Å². The minimum atomic E-state index is -3.99. The van der Waals surface area contributed by atoms with Crippen LogP contribution >= 0.6 is 15.9 Å². The van der Waals surface area contributed by atoms with Crippen LogP contribution in [-0.2, 0) is 17.1 Å². The number of hydrogen-bond donors (Lipinski definition) is 1. The van der Waals surface area contributed by atoms with Gasteiger partial charge in [-0.3, -0.25) is 9.52 Å². The van der Waals surface area contributed by atoms with E-state index in [2.05, 4.69) is 30.8 Å². The molecule has 4 rings (SSSR count). The maximum atomic E-state index is 13.2. The molecular formula is C19H20BrN5O3S. The highest BCUT2D eigenvalue weighted by Gasteiger charge is 2.25. The number of anilines is 1. The SMILES string of the molecule is Cn1nc2cccc(S(=O)(=O)Nc3cc(Br)ccc3C(=O)N3CCCCC3)c2n1. The molecule has 0 radical (unpaired) electrons. The van der Waals surface area contributed by atoms with Gasteiger partial charge in [0, 0.05) is 24.6 Å². The Balaban J connectivity index is 1.73. The summed E-state index contributed by atoms with van der Waals surface area (Å²) < 4.78 is 29.6. The lowest BCUT2D eigenvalue weighted by Crippen LogP contribution is -2.36. The Morgan fingerprint density at radius 3 is 2.62 bits per heavy atom. The average molecular weight is 478 g/mol. The molecule has 0 saturated carbocycles. The van der Waals surface area contributed by atoms with E-state index < -0.39 is 10.0 Å².